The Labute approximate surface area is 106 Å². The van der Waals surface area contributed by atoms with Crippen LogP contribution in [0.25, 0.3) is 0 Å². The summed E-state index contributed by atoms with van der Waals surface area (Å²) in [6, 6.07) is 7.49. The molecule has 2 N–H and O–H groups in total. The van der Waals surface area contributed by atoms with Gasteiger partial charge >= 0.3 is 6.03 Å². The van der Waals surface area contributed by atoms with Crippen molar-refractivity contribution in [1.82, 2.24) is 10.2 Å². The average molecular weight is 247 g/mol. The lowest BCUT2D eigenvalue weighted by molar-refractivity contribution is -0.120. The molecular formula is C13H17N3O2. The summed E-state index contributed by atoms with van der Waals surface area (Å²) in [5.74, 6) is 0.000792. The third kappa shape index (κ3) is 3.23. The van der Waals surface area contributed by atoms with E-state index in [1.807, 2.05) is 31.2 Å². The van der Waals surface area contributed by atoms with Gasteiger partial charge in [-0.1, -0.05) is 12.1 Å². The van der Waals surface area contributed by atoms with Crippen molar-refractivity contribution >= 4 is 17.6 Å². The maximum atomic E-state index is 12.0. The van der Waals surface area contributed by atoms with Crippen molar-refractivity contribution in [2.75, 3.05) is 25.0 Å². The van der Waals surface area contributed by atoms with E-state index in [4.69, 9.17) is 0 Å². The van der Waals surface area contributed by atoms with Crippen molar-refractivity contribution in [2.45, 2.75) is 13.3 Å². The number of urea groups is 1. The summed E-state index contributed by atoms with van der Waals surface area (Å²) < 4.78 is 0. The second-order valence-corrected chi connectivity index (χ2v) is 4.39. The number of rotatable bonds is 1. The van der Waals surface area contributed by atoms with E-state index in [1.54, 1.807) is 4.90 Å². The summed E-state index contributed by atoms with van der Waals surface area (Å²) >= 11 is 0. The van der Waals surface area contributed by atoms with Crippen LogP contribution in [0.5, 0.6) is 0 Å². The number of amides is 3. The molecule has 0 unspecified atom stereocenters. The van der Waals surface area contributed by atoms with Gasteiger partial charge in [-0.05, 0) is 24.6 Å². The fourth-order valence-corrected chi connectivity index (χ4v) is 1.90. The van der Waals surface area contributed by atoms with Crippen molar-refractivity contribution in [2.24, 2.45) is 0 Å². The van der Waals surface area contributed by atoms with Gasteiger partial charge in [-0.3, -0.25) is 4.79 Å². The highest BCUT2D eigenvalue weighted by atomic mass is 16.2. The van der Waals surface area contributed by atoms with Crippen molar-refractivity contribution in [3.8, 4) is 0 Å². The Kier molecular flexibility index (Phi) is 3.82. The number of aryl methyl sites for hydroxylation is 1. The number of hydrogen-bond donors (Lipinski definition) is 2. The standard InChI is InChI=1S/C13H17N3O2/c1-10-3-2-4-11(9-10)15-13(18)16-7-5-12(17)14-6-8-16/h2-4,9H,5-8H2,1H3,(H,14,17)(H,15,18). The molecule has 5 nitrogen and oxygen atoms in total. The van der Waals surface area contributed by atoms with E-state index >= 15 is 0 Å². The molecule has 5 heteroatoms. The van der Waals surface area contributed by atoms with Crippen LogP contribution in [0.15, 0.2) is 24.3 Å². The van der Waals surface area contributed by atoms with Gasteiger partial charge in [0.15, 0.2) is 0 Å². The van der Waals surface area contributed by atoms with E-state index < -0.39 is 0 Å². The molecule has 0 aliphatic carbocycles. The number of benzene rings is 1. The summed E-state index contributed by atoms with van der Waals surface area (Å²) in [5, 5.41) is 5.58. The van der Waals surface area contributed by atoms with Gasteiger partial charge in [0.2, 0.25) is 5.91 Å². The van der Waals surface area contributed by atoms with Crippen LogP contribution in [0.2, 0.25) is 0 Å². The second-order valence-electron chi connectivity index (χ2n) is 4.39. The maximum absolute atomic E-state index is 12.0. The second kappa shape index (κ2) is 5.53. The van der Waals surface area contributed by atoms with Gasteiger partial charge < -0.3 is 15.5 Å². The Balaban J connectivity index is 1.97. The van der Waals surface area contributed by atoms with E-state index in [2.05, 4.69) is 10.6 Å². The molecule has 18 heavy (non-hydrogen) atoms. The Bertz CT molecular complexity index is 459. The number of nitrogens with one attached hydrogen (secondary N) is 2. The van der Waals surface area contributed by atoms with Crippen LogP contribution in [0.1, 0.15) is 12.0 Å². The minimum Gasteiger partial charge on any atom is -0.354 e. The molecule has 0 radical (unpaired) electrons. The van der Waals surface area contributed by atoms with Crippen LogP contribution in [0.4, 0.5) is 10.5 Å². The molecule has 0 spiro atoms. The minimum absolute atomic E-state index is 0.000792. The smallest absolute Gasteiger partial charge is 0.321 e. The molecule has 1 fully saturated rings. The molecule has 1 aliphatic rings. The summed E-state index contributed by atoms with van der Waals surface area (Å²) in [6.45, 7) is 3.50. The molecule has 0 saturated carbocycles. The topological polar surface area (TPSA) is 61.4 Å². The van der Waals surface area contributed by atoms with E-state index in [1.165, 1.54) is 0 Å². The van der Waals surface area contributed by atoms with Crippen LogP contribution in [-0.2, 0) is 4.79 Å². The van der Waals surface area contributed by atoms with Crippen molar-refractivity contribution in [1.29, 1.82) is 0 Å². The summed E-state index contributed by atoms with van der Waals surface area (Å²) in [4.78, 5) is 24.9. The SMILES string of the molecule is Cc1cccc(NC(=O)N2CCNC(=O)CC2)c1. The first-order valence-corrected chi connectivity index (χ1v) is 6.04. The van der Waals surface area contributed by atoms with Gasteiger partial charge in [-0.25, -0.2) is 4.79 Å². The van der Waals surface area contributed by atoms with Gasteiger partial charge in [-0.15, -0.1) is 0 Å². The maximum Gasteiger partial charge on any atom is 0.321 e. The predicted molar refractivity (Wildman–Crippen MR) is 69.4 cm³/mol. The molecule has 0 atom stereocenters. The fraction of sp³-hybridized carbons (Fsp3) is 0.385. The molecule has 1 aromatic rings. The minimum atomic E-state index is -0.155. The molecule has 0 aromatic heterocycles. The number of carbonyl (C=O) groups is 2. The molecular weight excluding hydrogens is 230 g/mol. The highest BCUT2D eigenvalue weighted by Gasteiger charge is 2.18. The van der Waals surface area contributed by atoms with Gasteiger partial charge in [0.1, 0.15) is 0 Å². The van der Waals surface area contributed by atoms with E-state index in [0.717, 1.165) is 11.3 Å². The molecule has 2 rings (SSSR count). The van der Waals surface area contributed by atoms with E-state index in [0.29, 0.717) is 26.1 Å². The van der Waals surface area contributed by atoms with Crippen LogP contribution < -0.4 is 10.6 Å². The Morgan fingerprint density at radius 2 is 2.22 bits per heavy atom. The lowest BCUT2D eigenvalue weighted by Gasteiger charge is -2.20. The highest BCUT2D eigenvalue weighted by molar-refractivity contribution is 5.90. The van der Waals surface area contributed by atoms with Crippen molar-refractivity contribution in [3.63, 3.8) is 0 Å². The van der Waals surface area contributed by atoms with Crippen molar-refractivity contribution < 1.29 is 9.59 Å². The van der Waals surface area contributed by atoms with Crippen LogP contribution >= 0.6 is 0 Å². The predicted octanol–water partition coefficient (Wildman–Crippen LogP) is 1.35. The lowest BCUT2D eigenvalue weighted by atomic mass is 10.2. The molecule has 1 saturated heterocycles. The van der Waals surface area contributed by atoms with E-state index in [9.17, 15) is 9.59 Å². The van der Waals surface area contributed by atoms with Gasteiger partial charge in [-0.2, -0.15) is 0 Å². The van der Waals surface area contributed by atoms with Gasteiger partial charge in [0, 0.05) is 31.7 Å². The van der Waals surface area contributed by atoms with Gasteiger partial charge in [0.05, 0.1) is 0 Å². The Morgan fingerprint density at radius 3 is 3.00 bits per heavy atom. The van der Waals surface area contributed by atoms with E-state index in [-0.39, 0.29) is 11.9 Å². The number of hydrogen-bond acceptors (Lipinski definition) is 2. The highest BCUT2D eigenvalue weighted by Crippen LogP contribution is 2.10. The number of carbonyl (C=O) groups excluding carboxylic acids is 2. The molecule has 96 valence electrons. The fourth-order valence-electron chi connectivity index (χ4n) is 1.90. The van der Waals surface area contributed by atoms with Gasteiger partial charge in [0.25, 0.3) is 0 Å². The molecule has 1 heterocycles. The zero-order valence-electron chi connectivity index (χ0n) is 10.4. The van der Waals surface area contributed by atoms with Crippen molar-refractivity contribution in [3.05, 3.63) is 29.8 Å². The first-order valence-electron chi connectivity index (χ1n) is 6.04. The first-order chi connectivity index (χ1) is 8.65. The summed E-state index contributed by atoms with van der Waals surface area (Å²) in [7, 11) is 0. The third-order valence-corrected chi connectivity index (χ3v) is 2.87. The molecule has 1 aromatic carbocycles. The Hall–Kier alpha value is -2.04. The molecule has 1 aliphatic heterocycles. The third-order valence-electron chi connectivity index (χ3n) is 2.87. The molecule has 0 bridgehead atoms. The first kappa shape index (κ1) is 12.4. The summed E-state index contributed by atoms with van der Waals surface area (Å²) in [5.41, 5.74) is 1.88. The quantitative estimate of drug-likeness (QED) is 0.787. The molecule has 3 amide bonds. The normalized spacial score (nSPS) is 15.8. The Morgan fingerprint density at radius 1 is 1.39 bits per heavy atom. The largest absolute Gasteiger partial charge is 0.354 e. The summed E-state index contributed by atoms with van der Waals surface area (Å²) in [6.07, 6.45) is 0.362. The van der Waals surface area contributed by atoms with Crippen LogP contribution in [0, 0.1) is 6.92 Å². The zero-order chi connectivity index (χ0) is 13.0. The number of nitrogens with zero attached hydrogens (tertiary/aromatic N) is 1. The monoisotopic (exact) mass is 247 g/mol. The zero-order valence-corrected chi connectivity index (χ0v) is 10.4. The lowest BCUT2D eigenvalue weighted by Crippen LogP contribution is -2.37. The van der Waals surface area contributed by atoms with Crippen LogP contribution in [-0.4, -0.2) is 36.5 Å². The number of anilines is 1. The van der Waals surface area contributed by atoms with Crippen LogP contribution in [0.3, 0.4) is 0 Å². The average Bonchev–Trinajstić information content (AvgIpc) is 2.54.